The van der Waals surface area contributed by atoms with Gasteiger partial charge in [0.1, 0.15) is 6.04 Å². The Kier molecular flexibility index (Phi) is 9.78. The molecule has 0 spiro atoms. The zero-order valence-electron chi connectivity index (χ0n) is 21.5. The summed E-state index contributed by atoms with van der Waals surface area (Å²) in [7, 11) is 1.52. The Morgan fingerprint density at radius 3 is 2.39 bits per heavy atom. The highest BCUT2D eigenvalue weighted by Crippen LogP contribution is 2.38. The minimum absolute atomic E-state index is 0.150. The van der Waals surface area contributed by atoms with E-state index in [1.165, 1.54) is 0 Å². The maximum atomic E-state index is 13.3. The molecule has 1 unspecified atom stereocenters. The second-order valence-electron chi connectivity index (χ2n) is 9.79. The van der Waals surface area contributed by atoms with Crippen LogP contribution in [0.4, 0.5) is 0 Å². The summed E-state index contributed by atoms with van der Waals surface area (Å²) in [4.78, 5) is 26.6. The van der Waals surface area contributed by atoms with Gasteiger partial charge in [0.15, 0.2) is 11.5 Å². The van der Waals surface area contributed by atoms with E-state index in [0.717, 1.165) is 16.7 Å². The predicted octanol–water partition coefficient (Wildman–Crippen LogP) is 2.08. The molecule has 0 aliphatic heterocycles. The van der Waals surface area contributed by atoms with E-state index in [1.54, 1.807) is 14.2 Å². The van der Waals surface area contributed by atoms with Crippen LogP contribution >= 0.6 is 0 Å². The molecule has 0 bridgehead atoms. The molecule has 3 atom stereocenters. The Bertz CT molecular complexity index is 1030. The summed E-state index contributed by atoms with van der Waals surface area (Å²) < 4.78 is 11.0. The Balaban J connectivity index is 1.76. The van der Waals surface area contributed by atoms with Crippen LogP contribution < -0.4 is 20.1 Å². The predicted molar refractivity (Wildman–Crippen MR) is 139 cm³/mol. The van der Waals surface area contributed by atoms with Gasteiger partial charge in [0.05, 0.1) is 20.2 Å². The highest BCUT2D eigenvalue weighted by Gasteiger charge is 2.33. The molecule has 36 heavy (non-hydrogen) atoms. The topological polar surface area (TPSA) is 117 Å². The van der Waals surface area contributed by atoms with Gasteiger partial charge in [0, 0.05) is 17.9 Å². The van der Waals surface area contributed by atoms with Gasteiger partial charge in [-0.2, -0.15) is 0 Å². The first-order valence-electron chi connectivity index (χ1n) is 12.5. The van der Waals surface area contributed by atoms with Crippen molar-refractivity contribution in [3.8, 4) is 11.5 Å². The third kappa shape index (κ3) is 7.01. The van der Waals surface area contributed by atoms with E-state index >= 15 is 0 Å². The van der Waals surface area contributed by atoms with Crippen LogP contribution in [0.3, 0.4) is 0 Å². The molecule has 0 aromatic heterocycles. The first kappa shape index (κ1) is 27.6. The van der Waals surface area contributed by atoms with Crippen molar-refractivity contribution in [3.05, 3.63) is 59.2 Å². The second-order valence-corrected chi connectivity index (χ2v) is 9.79. The minimum atomic E-state index is -1.69. The van der Waals surface area contributed by atoms with Crippen molar-refractivity contribution in [2.24, 2.45) is 11.8 Å². The van der Waals surface area contributed by atoms with Crippen molar-refractivity contribution >= 4 is 18.9 Å². The van der Waals surface area contributed by atoms with Crippen molar-refractivity contribution in [2.45, 2.75) is 57.9 Å². The lowest BCUT2D eigenvalue weighted by molar-refractivity contribution is -0.131. The fourth-order valence-electron chi connectivity index (χ4n) is 4.80. The van der Waals surface area contributed by atoms with E-state index in [2.05, 4.69) is 10.6 Å². The number of methoxy groups -OCH3 is 2. The van der Waals surface area contributed by atoms with E-state index in [-0.39, 0.29) is 17.7 Å². The van der Waals surface area contributed by atoms with Crippen molar-refractivity contribution in [1.29, 1.82) is 0 Å². The van der Waals surface area contributed by atoms with Crippen LogP contribution in [0, 0.1) is 11.8 Å². The fourth-order valence-corrected chi connectivity index (χ4v) is 4.80. The first-order valence-corrected chi connectivity index (χ1v) is 12.5. The number of fused-ring (bicyclic) bond motifs is 1. The molecule has 0 saturated heterocycles. The quantitative estimate of drug-likeness (QED) is 0.354. The van der Waals surface area contributed by atoms with Gasteiger partial charge in [0.25, 0.3) is 0 Å². The third-order valence-electron chi connectivity index (χ3n) is 6.65. The van der Waals surface area contributed by atoms with E-state index in [9.17, 15) is 19.6 Å². The van der Waals surface area contributed by atoms with Crippen LogP contribution in [-0.4, -0.2) is 55.2 Å². The number of rotatable bonds is 11. The molecule has 1 aliphatic carbocycles. The average Bonchev–Trinajstić information content (AvgIpc) is 2.86. The summed E-state index contributed by atoms with van der Waals surface area (Å²) in [6.45, 7) is 3.88. The minimum Gasteiger partial charge on any atom is -0.493 e. The second kappa shape index (κ2) is 12.8. The van der Waals surface area contributed by atoms with Crippen LogP contribution in [0.25, 0.3) is 0 Å². The largest absolute Gasteiger partial charge is 0.493 e. The summed E-state index contributed by atoms with van der Waals surface area (Å²) in [5.41, 5.74) is 2.98. The molecule has 0 saturated carbocycles. The maximum absolute atomic E-state index is 13.3. The lowest BCUT2D eigenvalue weighted by Gasteiger charge is -2.29. The Labute approximate surface area is 213 Å². The van der Waals surface area contributed by atoms with Crippen LogP contribution in [-0.2, 0) is 28.9 Å². The van der Waals surface area contributed by atoms with Crippen LogP contribution in [0.15, 0.2) is 42.5 Å². The van der Waals surface area contributed by atoms with Crippen molar-refractivity contribution in [1.82, 2.24) is 10.6 Å². The Morgan fingerprint density at radius 2 is 1.78 bits per heavy atom. The fraction of sp³-hybridized carbons (Fsp3) is 0.481. The SMILES string of the molecule is COc1ccc2c(c1OC)CCC(C(=O)N[C@@H](Cc1ccccc1)C(=O)N[C@@H](CC(C)C)B(O)O)C2. The van der Waals surface area contributed by atoms with Crippen LogP contribution in [0.5, 0.6) is 11.5 Å². The molecular formula is C27H37BN2O6. The van der Waals surface area contributed by atoms with Crippen LogP contribution in [0.1, 0.15) is 43.4 Å². The number of nitrogens with one attached hydrogen (secondary N) is 2. The van der Waals surface area contributed by atoms with E-state index in [1.807, 2.05) is 56.3 Å². The molecule has 0 radical (unpaired) electrons. The molecular weight excluding hydrogens is 459 g/mol. The van der Waals surface area contributed by atoms with Gasteiger partial charge in [-0.05, 0) is 48.8 Å². The molecule has 2 aromatic rings. The van der Waals surface area contributed by atoms with Gasteiger partial charge in [-0.3, -0.25) is 9.59 Å². The number of carbonyl (C=O) groups is 2. The number of amides is 2. The highest BCUT2D eigenvalue weighted by atomic mass is 16.5. The van der Waals surface area contributed by atoms with E-state index in [0.29, 0.717) is 43.6 Å². The lowest BCUT2D eigenvalue weighted by atomic mass is 9.75. The summed E-state index contributed by atoms with van der Waals surface area (Å²) in [6, 6.07) is 12.4. The van der Waals surface area contributed by atoms with E-state index in [4.69, 9.17) is 9.47 Å². The molecule has 8 nitrogen and oxygen atoms in total. The maximum Gasteiger partial charge on any atom is 0.475 e. The molecule has 4 N–H and O–H groups in total. The van der Waals surface area contributed by atoms with Crippen molar-refractivity contribution < 1.29 is 29.1 Å². The van der Waals surface area contributed by atoms with Gasteiger partial charge in [-0.15, -0.1) is 0 Å². The zero-order valence-corrected chi connectivity index (χ0v) is 21.5. The third-order valence-corrected chi connectivity index (χ3v) is 6.65. The standard InChI is InChI=1S/C27H37BN2O6/c1-17(2)14-24(28(33)34)30-27(32)22(15-18-8-6-5-7-9-18)29-26(31)20-10-12-21-19(16-20)11-13-23(35-3)25(21)36-4/h5-9,11,13,17,20,22,24,33-34H,10,12,14-16H2,1-4H3,(H,29,31)(H,30,32)/t20?,22-,24-/m0/s1. The van der Waals surface area contributed by atoms with Crippen molar-refractivity contribution in [3.63, 3.8) is 0 Å². The molecule has 3 rings (SSSR count). The molecule has 9 heteroatoms. The molecule has 1 aliphatic rings. The number of carbonyl (C=O) groups excluding carboxylic acids is 2. The summed E-state index contributed by atoms with van der Waals surface area (Å²) in [6.07, 6.45) is 2.51. The summed E-state index contributed by atoms with van der Waals surface area (Å²) in [5.74, 6) is -0.231. The molecule has 0 fully saturated rings. The monoisotopic (exact) mass is 496 g/mol. The van der Waals surface area contributed by atoms with Gasteiger partial charge in [-0.1, -0.05) is 50.2 Å². The molecule has 0 heterocycles. The van der Waals surface area contributed by atoms with Gasteiger partial charge < -0.3 is 30.2 Å². The molecule has 194 valence electrons. The molecule has 2 aromatic carbocycles. The highest BCUT2D eigenvalue weighted by molar-refractivity contribution is 6.43. The van der Waals surface area contributed by atoms with Gasteiger partial charge in [-0.25, -0.2) is 0 Å². The lowest BCUT2D eigenvalue weighted by Crippen LogP contribution is -2.55. The number of ether oxygens (including phenoxy) is 2. The smallest absolute Gasteiger partial charge is 0.475 e. The normalized spacial score (nSPS) is 16.5. The van der Waals surface area contributed by atoms with Crippen LogP contribution in [0.2, 0.25) is 0 Å². The Morgan fingerprint density at radius 1 is 1.06 bits per heavy atom. The van der Waals surface area contributed by atoms with Crippen molar-refractivity contribution in [2.75, 3.05) is 14.2 Å². The van der Waals surface area contributed by atoms with Gasteiger partial charge >= 0.3 is 7.12 Å². The number of hydrogen-bond donors (Lipinski definition) is 4. The number of benzene rings is 2. The summed E-state index contributed by atoms with van der Waals surface area (Å²) in [5, 5.41) is 25.2. The van der Waals surface area contributed by atoms with E-state index < -0.39 is 25.0 Å². The Hall–Kier alpha value is -3.04. The number of hydrogen-bond acceptors (Lipinski definition) is 6. The first-order chi connectivity index (χ1) is 17.2. The average molecular weight is 496 g/mol. The molecule has 2 amide bonds. The van der Waals surface area contributed by atoms with Gasteiger partial charge in [0.2, 0.25) is 11.8 Å². The summed E-state index contributed by atoms with van der Waals surface area (Å²) >= 11 is 0. The zero-order chi connectivity index (χ0) is 26.2.